The summed E-state index contributed by atoms with van der Waals surface area (Å²) in [5.41, 5.74) is 4.61. The van der Waals surface area contributed by atoms with E-state index in [9.17, 15) is 9.59 Å². The van der Waals surface area contributed by atoms with Crippen LogP contribution in [0, 0.1) is 13.8 Å². The molecule has 1 heterocycles. The number of para-hydroxylation sites is 1. The number of rotatable bonds is 5. The Bertz CT molecular complexity index is 1000. The summed E-state index contributed by atoms with van der Waals surface area (Å²) >= 11 is 0. The molecule has 0 unspecified atom stereocenters. The molecule has 3 rings (SSSR count). The van der Waals surface area contributed by atoms with Crippen molar-refractivity contribution in [2.75, 3.05) is 5.32 Å². The van der Waals surface area contributed by atoms with Gasteiger partial charge in [-0.05, 0) is 38.0 Å². The van der Waals surface area contributed by atoms with Crippen molar-refractivity contribution in [2.24, 2.45) is 0 Å². The van der Waals surface area contributed by atoms with E-state index in [1.807, 2.05) is 44.2 Å². The lowest BCUT2D eigenvalue weighted by molar-refractivity contribution is 0.102. The zero-order valence-corrected chi connectivity index (χ0v) is 16.0. The molecule has 0 spiro atoms. The van der Waals surface area contributed by atoms with E-state index in [1.54, 1.807) is 6.07 Å². The normalized spacial score (nSPS) is 10.6. The molecule has 4 nitrogen and oxygen atoms in total. The maximum atomic E-state index is 12.9. The number of amides is 1. The Morgan fingerprint density at radius 3 is 2.30 bits per heavy atom. The first-order valence-corrected chi connectivity index (χ1v) is 9.15. The first kappa shape index (κ1) is 18.6. The molecule has 0 bridgehead atoms. The van der Waals surface area contributed by atoms with E-state index in [4.69, 9.17) is 0 Å². The monoisotopic (exact) mass is 360 g/mol. The fourth-order valence-electron chi connectivity index (χ4n) is 3.25. The third-order valence-electron chi connectivity index (χ3n) is 4.68. The number of anilines is 1. The first-order valence-electron chi connectivity index (χ1n) is 9.15. The van der Waals surface area contributed by atoms with Crippen LogP contribution in [0.15, 0.2) is 65.5 Å². The Morgan fingerprint density at radius 2 is 1.67 bits per heavy atom. The fraction of sp³-hybridized carbons (Fsp3) is 0.217. The number of carbonyl (C=O) groups is 1. The number of aromatic nitrogens is 1. The lowest BCUT2D eigenvalue weighted by atomic mass is 10.1. The number of pyridine rings is 1. The number of hydrogen-bond acceptors (Lipinski definition) is 2. The number of aryl methyl sites for hydroxylation is 2. The van der Waals surface area contributed by atoms with E-state index < -0.39 is 0 Å². The van der Waals surface area contributed by atoms with Crippen LogP contribution in [-0.2, 0) is 13.0 Å². The van der Waals surface area contributed by atoms with Gasteiger partial charge in [-0.1, -0.05) is 55.0 Å². The van der Waals surface area contributed by atoms with Gasteiger partial charge in [0.1, 0.15) is 5.56 Å². The highest BCUT2D eigenvalue weighted by atomic mass is 16.2. The van der Waals surface area contributed by atoms with Gasteiger partial charge in [0, 0.05) is 29.7 Å². The summed E-state index contributed by atoms with van der Waals surface area (Å²) < 4.78 is 2.06. The summed E-state index contributed by atoms with van der Waals surface area (Å²) in [7, 11) is 0. The van der Waals surface area contributed by atoms with E-state index in [2.05, 4.69) is 41.1 Å². The van der Waals surface area contributed by atoms with E-state index in [0.717, 1.165) is 17.0 Å². The van der Waals surface area contributed by atoms with Gasteiger partial charge in [0.05, 0.1) is 0 Å². The molecule has 0 saturated carbocycles. The zero-order chi connectivity index (χ0) is 19.4. The van der Waals surface area contributed by atoms with Crippen molar-refractivity contribution >= 4 is 11.6 Å². The van der Waals surface area contributed by atoms with Crippen molar-refractivity contribution in [2.45, 2.75) is 33.7 Å². The molecular formula is C23H24N2O2. The summed E-state index contributed by atoms with van der Waals surface area (Å²) in [6.45, 7) is 6.56. The topological polar surface area (TPSA) is 51.1 Å². The molecule has 0 aliphatic carbocycles. The van der Waals surface area contributed by atoms with E-state index in [-0.39, 0.29) is 16.9 Å². The van der Waals surface area contributed by atoms with Crippen LogP contribution in [0.3, 0.4) is 0 Å². The summed E-state index contributed by atoms with van der Waals surface area (Å²) in [5, 5.41) is 2.84. The van der Waals surface area contributed by atoms with Crippen LogP contribution in [0.1, 0.15) is 39.8 Å². The summed E-state index contributed by atoms with van der Waals surface area (Å²) in [4.78, 5) is 25.5. The molecule has 0 radical (unpaired) electrons. The van der Waals surface area contributed by atoms with Crippen molar-refractivity contribution in [3.63, 3.8) is 0 Å². The molecule has 0 atom stereocenters. The molecule has 1 aromatic heterocycles. The number of nitrogens with zero attached hydrogens (tertiary/aromatic N) is 1. The highest BCUT2D eigenvalue weighted by molar-refractivity contribution is 6.05. The van der Waals surface area contributed by atoms with Gasteiger partial charge in [-0.15, -0.1) is 0 Å². The second-order valence-electron chi connectivity index (χ2n) is 6.72. The predicted octanol–water partition coefficient (Wildman–Crippen LogP) is 4.33. The Balaban J connectivity index is 2.02. The van der Waals surface area contributed by atoms with Gasteiger partial charge >= 0.3 is 0 Å². The van der Waals surface area contributed by atoms with Crippen LogP contribution >= 0.6 is 0 Å². The van der Waals surface area contributed by atoms with Crippen molar-refractivity contribution < 1.29 is 4.79 Å². The average Bonchev–Trinajstić information content (AvgIpc) is 2.65. The standard InChI is InChI=1S/C23H24N2O2/c1-4-20-22(23(27)24-19-8-6-5-7-9-19)21(26)14-17(3)25(20)15-18-12-10-16(2)11-13-18/h5-14H,4,15H2,1-3H3,(H,24,27). The molecule has 0 fully saturated rings. The van der Waals surface area contributed by atoms with Crippen LogP contribution in [-0.4, -0.2) is 10.5 Å². The first-order chi connectivity index (χ1) is 13.0. The van der Waals surface area contributed by atoms with Crippen LogP contribution in [0.25, 0.3) is 0 Å². The molecule has 4 heteroatoms. The highest BCUT2D eigenvalue weighted by Crippen LogP contribution is 2.16. The van der Waals surface area contributed by atoms with Crippen molar-refractivity contribution in [1.29, 1.82) is 0 Å². The molecule has 2 aromatic carbocycles. The number of carbonyl (C=O) groups excluding carboxylic acids is 1. The molecule has 1 N–H and O–H groups in total. The van der Waals surface area contributed by atoms with Gasteiger partial charge < -0.3 is 9.88 Å². The predicted molar refractivity (Wildman–Crippen MR) is 109 cm³/mol. The van der Waals surface area contributed by atoms with Crippen molar-refractivity contribution in [1.82, 2.24) is 4.57 Å². The van der Waals surface area contributed by atoms with Gasteiger partial charge in [-0.3, -0.25) is 9.59 Å². The van der Waals surface area contributed by atoms with Crippen LogP contribution in [0.5, 0.6) is 0 Å². The van der Waals surface area contributed by atoms with Crippen LogP contribution in [0.4, 0.5) is 5.69 Å². The summed E-state index contributed by atoms with van der Waals surface area (Å²) in [5.74, 6) is -0.360. The lowest BCUT2D eigenvalue weighted by Gasteiger charge is -2.19. The Hall–Kier alpha value is -3.14. The van der Waals surface area contributed by atoms with Gasteiger partial charge in [-0.2, -0.15) is 0 Å². The quantitative estimate of drug-likeness (QED) is 0.736. The molecule has 1 amide bonds. The second-order valence-corrected chi connectivity index (χ2v) is 6.72. The third kappa shape index (κ3) is 4.17. The third-order valence-corrected chi connectivity index (χ3v) is 4.68. The Labute approximate surface area is 159 Å². The summed E-state index contributed by atoms with van der Waals surface area (Å²) in [6, 6.07) is 19.0. The minimum atomic E-state index is -0.360. The molecule has 27 heavy (non-hydrogen) atoms. The minimum absolute atomic E-state index is 0.221. The molecule has 0 aliphatic heterocycles. The maximum absolute atomic E-state index is 12.9. The molecule has 0 aliphatic rings. The smallest absolute Gasteiger partial charge is 0.261 e. The Kier molecular flexibility index (Phi) is 5.55. The van der Waals surface area contributed by atoms with E-state index in [0.29, 0.717) is 18.7 Å². The van der Waals surface area contributed by atoms with E-state index >= 15 is 0 Å². The van der Waals surface area contributed by atoms with Crippen LogP contribution < -0.4 is 10.7 Å². The average molecular weight is 360 g/mol. The van der Waals surface area contributed by atoms with Crippen molar-refractivity contribution in [3.05, 3.63) is 99.0 Å². The van der Waals surface area contributed by atoms with Crippen molar-refractivity contribution in [3.8, 4) is 0 Å². The van der Waals surface area contributed by atoms with Gasteiger partial charge in [-0.25, -0.2) is 0 Å². The maximum Gasteiger partial charge on any atom is 0.261 e. The summed E-state index contributed by atoms with van der Waals surface area (Å²) in [6.07, 6.45) is 0.598. The fourth-order valence-corrected chi connectivity index (χ4v) is 3.25. The largest absolute Gasteiger partial charge is 0.343 e. The number of benzene rings is 2. The molecule has 0 saturated heterocycles. The van der Waals surface area contributed by atoms with Gasteiger partial charge in [0.25, 0.3) is 5.91 Å². The van der Waals surface area contributed by atoms with Crippen LogP contribution in [0.2, 0.25) is 0 Å². The van der Waals surface area contributed by atoms with Gasteiger partial charge in [0.15, 0.2) is 5.43 Å². The number of nitrogens with one attached hydrogen (secondary N) is 1. The molecular weight excluding hydrogens is 336 g/mol. The second kappa shape index (κ2) is 8.04. The zero-order valence-electron chi connectivity index (χ0n) is 16.0. The van der Waals surface area contributed by atoms with E-state index in [1.165, 1.54) is 5.56 Å². The lowest BCUT2D eigenvalue weighted by Crippen LogP contribution is -2.28. The molecule has 138 valence electrons. The Morgan fingerprint density at radius 1 is 1.00 bits per heavy atom. The van der Waals surface area contributed by atoms with Gasteiger partial charge in [0.2, 0.25) is 0 Å². The highest BCUT2D eigenvalue weighted by Gasteiger charge is 2.19. The number of hydrogen-bond donors (Lipinski definition) is 1. The minimum Gasteiger partial charge on any atom is -0.343 e. The SMILES string of the molecule is CCc1c(C(=O)Nc2ccccc2)c(=O)cc(C)n1Cc1ccc(C)cc1. The molecule has 3 aromatic rings.